The number of rotatable bonds is 5. The van der Waals surface area contributed by atoms with Crippen molar-refractivity contribution in [3.63, 3.8) is 0 Å². The number of fused-ring (bicyclic) bond motifs is 3. The molecule has 3 atom stereocenters. The third kappa shape index (κ3) is 4.77. The van der Waals surface area contributed by atoms with Crippen molar-refractivity contribution in [2.75, 3.05) is 13.6 Å². The lowest BCUT2D eigenvalue weighted by atomic mass is 9.60. The monoisotopic (exact) mass is 566 g/mol. The van der Waals surface area contributed by atoms with Gasteiger partial charge in [-0.2, -0.15) is 13.2 Å². The number of carbonyl (C=O) groups excluding carboxylic acids is 3. The first-order chi connectivity index (χ1) is 18.3. The number of primary amides is 1. The highest BCUT2D eigenvalue weighted by Crippen LogP contribution is 2.53. The maximum absolute atomic E-state index is 14.5. The fraction of sp³-hybridized carbons (Fsp3) is 0.536. The molecule has 218 valence electrons. The minimum absolute atomic E-state index is 0.0541. The summed E-state index contributed by atoms with van der Waals surface area (Å²) in [6.45, 7) is 6.36. The molecule has 1 unspecified atom stereocenters. The molecule has 0 spiro atoms. The van der Waals surface area contributed by atoms with Gasteiger partial charge in [0.05, 0.1) is 11.1 Å². The number of carbonyl (C=O) groups is 3. The summed E-state index contributed by atoms with van der Waals surface area (Å²) in [7, 11) is 1.66. The Morgan fingerprint density at radius 3 is 2.33 bits per heavy atom. The maximum atomic E-state index is 14.5. The molecule has 0 saturated carbocycles. The van der Waals surface area contributed by atoms with E-state index < -0.39 is 99.0 Å². The van der Waals surface area contributed by atoms with Crippen LogP contribution >= 0.6 is 0 Å². The average molecular weight is 567 g/mol. The van der Waals surface area contributed by atoms with E-state index in [0.717, 1.165) is 6.07 Å². The lowest BCUT2D eigenvalue weighted by molar-refractivity contribution is -0.144. The van der Waals surface area contributed by atoms with Crippen LogP contribution in [0.1, 0.15) is 67.1 Å². The van der Waals surface area contributed by atoms with Gasteiger partial charge in [0, 0.05) is 24.5 Å². The molecule has 3 aliphatic carbocycles. The van der Waals surface area contributed by atoms with Crippen LogP contribution in [0.5, 0.6) is 5.75 Å². The number of aliphatic hydroxyl groups is 3. The molecule has 6 N–H and O–H groups in total. The zero-order chi connectivity index (χ0) is 30.1. The molecule has 9 nitrogen and oxygen atoms in total. The number of allylic oxidation sites excluding steroid dienone is 2. The Morgan fingerprint density at radius 2 is 1.77 bits per heavy atom. The van der Waals surface area contributed by atoms with Crippen molar-refractivity contribution in [2.24, 2.45) is 23.0 Å². The molecular formula is C28H33F3N2O7. The number of phenols is 1. The Morgan fingerprint density at radius 1 is 1.15 bits per heavy atom. The van der Waals surface area contributed by atoms with Crippen molar-refractivity contribution >= 4 is 17.5 Å². The van der Waals surface area contributed by atoms with Crippen LogP contribution in [0.2, 0.25) is 0 Å². The normalized spacial score (nSPS) is 25.2. The summed E-state index contributed by atoms with van der Waals surface area (Å²) >= 11 is 0. The van der Waals surface area contributed by atoms with E-state index in [9.17, 15) is 48.0 Å². The summed E-state index contributed by atoms with van der Waals surface area (Å²) in [5.74, 6) is -8.73. The molecule has 1 aromatic carbocycles. The van der Waals surface area contributed by atoms with E-state index in [4.69, 9.17) is 5.73 Å². The minimum atomic E-state index is -4.88. The first kappa shape index (κ1) is 29.6. The number of nitrogens with two attached hydrogens (primary N) is 1. The molecule has 0 aliphatic heterocycles. The van der Waals surface area contributed by atoms with E-state index in [1.54, 1.807) is 11.9 Å². The summed E-state index contributed by atoms with van der Waals surface area (Å²) in [6.07, 6.45) is -5.31. The zero-order valence-corrected chi connectivity index (χ0v) is 22.6. The van der Waals surface area contributed by atoms with Gasteiger partial charge in [-0.25, -0.2) is 0 Å². The highest BCUT2D eigenvalue weighted by atomic mass is 19.4. The Hall–Kier alpha value is -3.38. The van der Waals surface area contributed by atoms with Crippen LogP contribution in [0.3, 0.4) is 0 Å². The Bertz CT molecular complexity index is 1370. The second kappa shape index (κ2) is 9.62. The first-order valence-electron chi connectivity index (χ1n) is 12.9. The number of hydrogen-bond donors (Lipinski definition) is 5. The standard InChI is InChI=1S/C28H33F3N2O7/c1-26(2,3)5-6-33(4)11-13-9-16(34)19-15(21(13)28(29,30)31)8-12-7-14-10-17(35)20(25(32)39)24(38)27(14,40)23(37)18(12)22(19)36/h9,12,14,34-35,37,40H,5-8,10-11H2,1-4H3,(H2,32,39)/t12?,14-,27-/m0/s1. The van der Waals surface area contributed by atoms with Crippen LogP contribution in [0.4, 0.5) is 13.2 Å². The van der Waals surface area contributed by atoms with Crippen LogP contribution in [0, 0.1) is 17.3 Å². The lowest BCUT2D eigenvalue weighted by Gasteiger charge is -2.45. The molecule has 3 aliphatic rings. The van der Waals surface area contributed by atoms with Gasteiger partial charge >= 0.3 is 6.18 Å². The van der Waals surface area contributed by atoms with Crippen molar-refractivity contribution in [3.8, 4) is 5.75 Å². The van der Waals surface area contributed by atoms with Gasteiger partial charge in [-0.3, -0.25) is 14.4 Å². The van der Waals surface area contributed by atoms with E-state index in [-0.39, 0.29) is 23.9 Å². The Kier molecular flexibility index (Phi) is 7.12. The number of Topliss-reactive ketones (excluding diaryl/α,β-unsaturated/α-hetero) is 2. The largest absolute Gasteiger partial charge is 0.511 e. The van der Waals surface area contributed by atoms with Crippen LogP contribution < -0.4 is 5.73 Å². The number of ketones is 2. The summed E-state index contributed by atoms with van der Waals surface area (Å²) in [5, 5.41) is 43.4. The topological polar surface area (TPSA) is 161 Å². The Labute approximate surface area is 228 Å². The molecule has 0 fully saturated rings. The van der Waals surface area contributed by atoms with E-state index in [0.29, 0.717) is 13.0 Å². The summed E-state index contributed by atoms with van der Waals surface area (Å²) in [4.78, 5) is 40.0. The number of hydrogen-bond acceptors (Lipinski definition) is 8. The fourth-order valence-corrected chi connectivity index (χ4v) is 6.13. The molecule has 0 aromatic heterocycles. The third-order valence-electron chi connectivity index (χ3n) is 8.11. The number of amides is 1. The van der Waals surface area contributed by atoms with Gasteiger partial charge in [0.15, 0.2) is 11.4 Å². The minimum Gasteiger partial charge on any atom is -0.511 e. The van der Waals surface area contributed by atoms with E-state index in [1.165, 1.54) is 0 Å². The van der Waals surface area contributed by atoms with E-state index in [1.807, 2.05) is 20.8 Å². The van der Waals surface area contributed by atoms with Crippen LogP contribution in [0.15, 0.2) is 28.7 Å². The SMILES string of the molecule is CN(CCC(C)(C)C)Cc1cc(O)c2c(c1C(F)(F)F)CC1C[C@H]3CC(O)=C(C(N)=O)C(=O)[C@@]3(O)C(O)=C1C2=O. The molecular weight excluding hydrogens is 533 g/mol. The van der Waals surface area contributed by atoms with Crippen LogP contribution in [-0.4, -0.2) is 62.0 Å². The van der Waals surface area contributed by atoms with Gasteiger partial charge in [0.2, 0.25) is 5.78 Å². The summed E-state index contributed by atoms with van der Waals surface area (Å²) in [5.41, 5.74) is -1.45. The van der Waals surface area contributed by atoms with Gasteiger partial charge in [-0.1, -0.05) is 20.8 Å². The van der Waals surface area contributed by atoms with Crippen molar-refractivity contribution in [3.05, 3.63) is 51.0 Å². The van der Waals surface area contributed by atoms with Crippen molar-refractivity contribution in [2.45, 2.75) is 64.8 Å². The number of halogens is 3. The zero-order valence-electron chi connectivity index (χ0n) is 22.6. The molecule has 40 heavy (non-hydrogen) atoms. The number of alkyl halides is 3. The van der Waals surface area contributed by atoms with E-state index >= 15 is 0 Å². The van der Waals surface area contributed by atoms with Crippen LogP contribution in [0.25, 0.3) is 0 Å². The van der Waals surface area contributed by atoms with Crippen molar-refractivity contribution in [1.29, 1.82) is 0 Å². The molecule has 0 saturated heterocycles. The molecule has 1 amide bonds. The van der Waals surface area contributed by atoms with Crippen molar-refractivity contribution < 1.29 is 48.0 Å². The van der Waals surface area contributed by atoms with Crippen LogP contribution in [-0.2, 0) is 28.7 Å². The van der Waals surface area contributed by atoms with Gasteiger partial charge < -0.3 is 31.1 Å². The number of aliphatic hydroxyl groups excluding tert-OH is 2. The highest BCUT2D eigenvalue weighted by Gasteiger charge is 2.60. The third-order valence-corrected chi connectivity index (χ3v) is 8.11. The molecule has 0 bridgehead atoms. The quantitative estimate of drug-likeness (QED) is 0.339. The van der Waals surface area contributed by atoms with Gasteiger partial charge in [-0.15, -0.1) is 0 Å². The van der Waals surface area contributed by atoms with Crippen molar-refractivity contribution in [1.82, 2.24) is 4.90 Å². The summed E-state index contributed by atoms with van der Waals surface area (Å²) in [6, 6.07) is 0.892. The number of nitrogens with zero attached hydrogens (tertiary/aromatic N) is 1. The highest BCUT2D eigenvalue weighted by molar-refractivity contribution is 6.24. The lowest BCUT2D eigenvalue weighted by Crippen LogP contribution is -2.57. The van der Waals surface area contributed by atoms with E-state index in [2.05, 4.69) is 0 Å². The average Bonchev–Trinajstić information content (AvgIpc) is 2.78. The molecule has 0 radical (unpaired) electrons. The predicted octanol–water partition coefficient (Wildman–Crippen LogP) is 3.47. The second-order valence-corrected chi connectivity index (χ2v) is 12.2. The smallest absolute Gasteiger partial charge is 0.417 e. The van der Waals surface area contributed by atoms with Gasteiger partial charge in [-0.05, 0) is 61.4 Å². The first-order valence-corrected chi connectivity index (χ1v) is 12.9. The Balaban J connectivity index is 1.84. The maximum Gasteiger partial charge on any atom is 0.417 e. The number of phenolic OH excluding ortho intramolecular Hbond substituents is 1. The molecule has 1 aromatic rings. The van der Waals surface area contributed by atoms with Gasteiger partial charge in [0.25, 0.3) is 5.91 Å². The molecule has 4 rings (SSSR count). The molecule has 12 heteroatoms. The fourth-order valence-electron chi connectivity index (χ4n) is 6.13. The molecule has 0 heterocycles. The van der Waals surface area contributed by atoms with Gasteiger partial charge in [0.1, 0.15) is 22.8 Å². The number of aromatic hydroxyl groups is 1. The number of benzene rings is 1. The predicted molar refractivity (Wildman–Crippen MR) is 136 cm³/mol. The second-order valence-electron chi connectivity index (χ2n) is 12.2. The summed E-state index contributed by atoms with van der Waals surface area (Å²) < 4.78 is 43.6.